The Balaban J connectivity index is 2.84. The standard InChI is InChI=1S/C8H13N3O/c1-6(2)11-8(4-5-9-11)10-7(3)12/h4-6H,1-3H3,(H,10,12). The Labute approximate surface area is 71.6 Å². The molecule has 1 heterocycles. The van der Waals surface area contributed by atoms with Crippen LogP contribution in [0.15, 0.2) is 12.3 Å². The molecular formula is C8H13N3O. The molecular weight excluding hydrogens is 154 g/mol. The number of amides is 1. The molecule has 1 N–H and O–H groups in total. The first kappa shape index (κ1) is 8.77. The van der Waals surface area contributed by atoms with Crippen LogP contribution in [0.4, 0.5) is 5.82 Å². The molecule has 0 radical (unpaired) electrons. The molecule has 4 heteroatoms. The van der Waals surface area contributed by atoms with E-state index in [1.54, 1.807) is 16.9 Å². The van der Waals surface area contributed by atoms with Crippen molar-refractivity contribution >= 4 is 11.7 Å². The Bertz CT molecular complexity index is 278. The molecule has 0 aliphatic heterocycles. The second kappa shape index (κ2) is 3.38. The SMILES string of the molecule is CC(=O)Nc1ccnn1C(C)C. The van der Waals surface area contributed by atoms with Crippen molar-refractivity contribution < 1.29 is 4.79 Å². The van der Waals surface area contributed by atoms with E-state index in [0.717, 1.165) is 5.82 Å². The zero-order valence-electron chi connectivity index (χ0n) is 7.53. The number of nitrogens with one attached hydrogen (secondary N) is 1. The van der Waals surface area contributed by atoms with E-state index in [1.807, 2.05) is 13.8 Å². The van der Waals surface area contributed by atoms with Crippen LogP contribution in [0, 0.1) is 0 Å². The van der Waals surface area contributed by atoms with E-state index < -0.39 is 0 Å². The van der Waals surface area contributed by atoms with E-state index in [1.165, 1.54) is 6.92 Å². The van der Waals surface area contributed by atoms with Gasteiger partial charge in [-0.15, -0.1) is 0 Å². The first-order chi connectivity index (χ1) is 5.61. The molecule has 0 fully saturated rings. The van der Waals surface area contributed by atoms with Crippen molar-refractivity contribution in [3.63, 3.8) is 0 Å². The molecule has 1 aromatic rings. The third-order valence-corrected chi connectivity index (χ3v) is 1.46. The van der Waals surface area contributed by atoms with Crippen LogP contribution in [0.2, 0.25) is 0 Å². The smallest absolute Gasteiger partial charge is 0.222 e. The lowest BCUT2D eigenvalue weighted by Crippen LogP contribution is -2.13. The quantitative estimate of drug-likeness (QED) is 0.724. The molecule has 0 atom stereocenters. The number of anilines is 1. The van der Waals surface area contributed by atoms with Gasteiger partial charge in [0.1, 0.15) is 5.82 Å². The van der Waals surface area contributed by atoms with E-state index in [0.29, 0.717) is 0 Å². The van der Waals surface area contributed by atoms with Crippen LogP contribution in [-0.2, 0) is 4.79 Å². The molecule has 66 valence electrons. The first-order valence-electron chi connectivity index (χ1n) is 3.92. The Morgan fingerprint density at radius 3 is 2.83 bits per heavy atom. The summed E-state index contributed by atoms with van der Waals surface area (Å²) in [5.74, 6) is 0.676. The highest BCUT2D eigenvalue weighted by Crippen LogP contribution is 2.12. The van der Waals surface area contributed by atoms with Crippen molar-refractivity contribution in [2.45, 2.75) is 26.8 Å². The van der Waals surface area contributed by atoms with Crippen LogP contribution in [0.5, 0.6) is 0 Å². The van der Waals surface area contributed by atoms with Crippen molar-refractivity contribution in [3.8, 4) is 0 Å². The first-order valence-corrected chi connectivity index (χ1v) is 3.92. The highest BCUT2D eigenvalue weighted by atomic mass is 16.1. The number of hydrogen-bond acceptors (Lipinski definition) is 2. The Kier molecular flexibility index (Phi) is 2.47. The average molecular weight is 167 g/mol. The third-order valence-electron chi connectivity index (χ3n) is 1.46. The van der Waals surface area contributed by atoms with Gasteiger partial charge in [-0.25, -0.2) is 4.68 Å². The van der Waals surface area contributed by atoms with Crippen LogP contribution >= 0.6 is 0 Å². The van der Waals surface area contributed by atoms with Gasteiger partial charge in [0.15, 0.2) is 0 Å². The molecule has 0 saturated carbocycles. The maximum atomic E-state index is 10.7. The molecule has 1 rings (SSSR count). The molecule has 0 unspecified atom stereocenters. The highest BCUT2D eigenvalue weighted by molar-refractivity contribution is 5.87. The molecule has 0 spiro atoms. The van der Waals surface area contributed by atoms with Crippen LogP contribution in [0.1, 0.15) is 26.8 Å². The molecule has 1 amide bonds. The van der Waals surface area contributed by atoms with Gasteiger partial charge in [0.2, 0.25) is 5.91 Å². The molecule has 0 aliphatic carbocycles. The zero-order valence-corrected chi connectivity index (χ0v) is 7.53. The van der Waals surface area contributed by atoms with Crippen molar-refractivity contribution in [2.24, 2.45) is 0 Å². The summed E-state index contributed by atoms with van der Waals surface area (Å²) in [6, 6.07) is 2.04. The van der Waals surface area contributed by atoms with E-state index >= 15 is 0 Å². The largest absolute Gasteiger partial charge is 0.311 e. The molecule has 0 bridgehead atoms. The summed E-state index contributed by atoms with van der Waals surface area (Å²) in [4.78, 5) is 10.7. The summed E-state index contributed by atoms with van der Waals surface area (Å²) in [7, 11) is 0. The van der Waals surface area contributed by atoms with Crippen LogP contribution < -0.4 is 5.32 Å². The lowest BCUT2D eigenvalue weighted by atomic mass is 10.4. The minimum Gasteiger partial charge on any atom is -0.311 e. The van der Waals surface area contributed by atoms with Gasteiger partial charge < -0.3 is 5.32 Å². The van der Waals surface area contributed by atoms with E-state index in [-0.39, 0.29) is 11.9 Å². The van der Waals surface area contributed by atoms with Crippen LogP contribution in [0.3, 0.4) is 0 Å². The number of hydrogen-bond donors (Lipinski definition) is 1. The van der Waals surface area contributed by atoms with Gasteiger partial charge in [-0.1, -0.05) is 0 Å². The lowest BCUT2D eigenvalue weighted by molar-refractivity contribution is -0.114. The fraction of sp³-hybridized carbons (Fsp3) is 0.500. The predicted octanol–water partition coefficient (Wildman–Crippen LogP) is 1.42. The monoisotopic (exact) mass is 167 g/mol. The second-order valence-corrected chi connectivity index (χ2v) is 2.94. The predicted molar refractivity (Wildman–Crippen MR) is 46.9 cm³/mol. The average Bonchev–Trinajstić information content (AvgIpc) is 2.33. The minimum atomic E-state index is -0.0719. The van der Waals surface area contributed by atoms with Gasteiger partial charge >= 0.3 is 0 Å². The molecule has 0 aliphatic rings. The summed E-state index contributed by atoms with van der Waals surface area (Å²) in [6.07, 6.45) is 1.67. The van der Waals surface area contributed by atoms with Crippen molar-refractivity contribution in [2.75, 3.05) is 5.32 Å². The highest BCUT2D eigenvalue weighted by Gasteiger charge is 2.05. The third kappa shape index (κ3) is 1.84. The summed E-state index contributed by atoms with van der Waals surface area (Å²) in [5, 5.41) is 6.77. The van der Waals surface area contributed by atoms with Gasteiger partial charge in [0.05, 0.1) is 6.20 Å². The van der Waals surface area contributed by atoms with Gasteiger partial charge in [-0.2, -0.15) is 5.10 Å². The Hall–Kier alpha value is -1.32. The molecule has 1 aromatic heterocycles. The number of nitrogens with zero attached hydrogens (tertiary/aromatic N) is 2. The lowest BCUT2D eigenvalue weighted by Gasteiger charge is -2.10. The zero-order chi connectivity index (χ0) is 9.14. The van der Waals surface area contributed by atoms with Gasteiger partial charge in [-0.3, -0.25) is 4.79 Å². The topological polar surface area (TPSA) is 46.9 Å². The molecule has 12 heavy (non-hydrogen) atoms. The summed E-state index contributed by atoms with van der Waals surface area (Å²) in [5.41, 5.74) is 0. The number of aromatic nitrogens is 2. The summed E-state index contributed by atoms with van der Waals surface area (Å²) >= 11 is 0. The van der Waals surface area contributed by atoms with E-state index in [2.05, 4.69) is 10.4 Å². The van der Waals surface area contributed by atoms with E-state index in [9.17, 15) is 4.79 Å². The fourth-order valence-electron chi connectivity index (χ4n) is 1.01. The molecule has 4 nitrogen and oxygen atoms in total. The Morgan fingerprint density at radius 2 is 2.33 bits per heavy atom. The number of carbonyl (C=O) groups excluding carboxylic acids is 1. The van der Waals surface area contributed by atoms with Crippen LogP contribution in [0.25, 0.3) is 0 Å². The van der Waals surface area contributed by atoms with Gasteiger partial charge in [-0.05, 0) is 13.8 Å². The normalized spacial score (nSPS) is 10.3. The van der Waals surface area contributed by atoms with Crippen molar-refractivity contribution in [1.29, 1.82) is 0 Å². The summed E-state index contributed by atoms with van der Waals surface area (Å²) < 4.78 is 1.77. The van der Waals surface area contributed by atoms with Crippen molar-refractivity contribution in [3.05, 3.63) is 12.3 Å². The second-order valence-electron chi connectivity index (χ2n) is 2.94. The maximum Gasteiger partial charge on any atom is 0.222 e. The van der Waals surface area contributed by atoms with Crippen molar-refractivity contribution in [1.82, 2.24) is 9.78 Å². The van der Waals surface area contributed by atoms with Gasteiger partial charge in [0.25, 0.3) is 0 Å². The van der Waals surface area contributed by atoms with Crippen LogP contribution in [-0.4, -0.2) is 15.7 Å². The number of carbonyl (C=O) groups is 1. The fourth-order valence-corrected chi connectivity index (χ4v) is 1.01. The summed E-state index contributed by atoms with van der Waals surface area (Å²) in [6.45, 7) is 5.51. The molecule has 0 saturated heterocycles. The van der Waals surface area contributed by atoms with E-state index in [4.69, 9.17) is 0 Å². The Morgan fingerprint density at radius 1 is 1.67 bits per heavy atom. The number of rotatable bonds is 2. The maximum absolute atomic E-state index is 10.7. The minimum absolute atomic E-state index is 0.0719. The van der Waals surface area contributed by atoms with Gasteiger partial charge in [0, 0.05) is 19.0 Å². The molecule has 0 aromatic carbocycles.